The van der Waals surface area contributed by atoms with Gasteiger partial charge in [-0.25, -0.2) is 9.97 Å². The van der Waals surface area contributed by atoms with Crippen molar-refractivity contribution in [2.75, 3.05) is 24.5 Å². The Labute approximate surface area is 168 Å². The molecule has 1 aromatic carbocycles. The summed E-state index contributed by atoms with van der Waals surface area (Å²) in [7, 11) is 0. The maximum atomic E-state index is 13.3. The molecule has 6 rings (SSSR count). The number of anilines is 1. The van der Waals surface area contributed by atoms with Crippen LogP contribution in [0.5, 0.6) is 0 Å². The Morgan fingerprint density at radius 1 is 1.07 bits per heavy atom. The first-order valence-electron chi connectivity index (χ1n) is 9.56. The fraction of sp³-hybridized carbons (Fsp3) is 0.333. The SMILES string of the molecule is O=C(c1ccc2cccc(Cl)c2n1)N1C[C@H]2CC[C@@H]1CN(c1cnccn1)C2. The molecule has 3 fully saturated rings. The van der Waals surface area contributed by atoms with Crippen LogP contribution < -0.4 is 4.90 Å². The van der Waals surface area contributed by atoms with Crippen LogP contribution in [0.2, 0.25) is 5.02 Å². The molecule has 2 bridgehead atoms. The predicted molar refractivity (Wildman–Crippen MR) is 109 cm³/mol. The summed E-state index contributed by atoms with van der Waals surface area (Å²) in [6.07, 6.45) is 7.32. The summed E-state index contributed by atoms with van der Waals surface area (Å²) < 4.78 is 0. The number of aromatic nitrogens is 3. The number of fused-ring (bicyclic) bond motifs is 5. The summed E-state index contributed by atoms with van der Waals surface area (Å²) >= 11 is 6.29. The van der Waals surface area contributed by atoms with Gasteiger partial charge in [-0.05, 0) is 30.9 Å². The van der Waals surface area contributed by atoms with Gasteiger partial charge in [0, 0.05) is 43.5 Å². The fourth-order valence-electron chi connectivity index (χ4n) is 4.35. The van der Waals surface area contributed by atoms with Crippen molar-refractivity contribution in [3.8, 4) is 0 Å². The highest BCUT2D eigenvalue weighted by molar-refractivity contribution is 6.35. The lowest BCUT2D eigenvalue weighted by Crippen LogP contribution is -2.47. The van der Waals surface area contributed by atoms with Crippen LogP contribution in [0.15, 0.2) is 48.9 Å². The number of piperidine rings is 1. The fourth-order valence-corrected chi connectivity index (χ4v) is 4.57. The lowest BCUT2D eigenvalue weighted by Gasteiger charge is -2.35. The normalized spacial score (nSPS) is 21.8. The Morgan fingerprint density at radius 2 is 2.00 bits per heavy atom. The van der Waals surface area contributed by atoms with Crippen molar-refractivity contribution in [1.82, 2.24) is 19.9 Å². The second-order valence-corrected chi connectivity index (χ2v) is 7.94. The second-order valence-electron chi connectivity index (χ2n) is 7.53. The average molecular weight is 394 g/mol. The number of nitrogens with zero attached hydrogens (tertiary/aromatic N) is 5. The van der Waals surface area contributed by atoms with Gasteiger partial charge < -0.3 is 9.80 Å². The maximum Gasteiger partial charge on any atom is 0.272 e. The molecular weight excluding hydrogens is 374 g/mol. The molecule has 3 aliphatic rings. The Bertz CT molecular complexity index is 1030. The van der Waals surface area contributed by atoms with Gasteiger partial charge in [0.25, 0.3) is 5.91 Å². The first-order chi connectivity index (χ1) is 13.7. The van der Waals surface area contributed by atoms with Gasteiger partial charge in [0.05, 0.1) is 16.7 Å². The molecule has 0 N–H and O–H groups in total. The number of rotatable bonds is 2. The van der Waals surface area contributed by atoms with Gasteiger partial charge >= 0.3 is 0 Å². The molecule has 7 heteroatoms. The van der Waals surface area contributed by atoms with Crippen molar-refractivity contribution in [2.45, 2.75) is 18.9 Å². The molecule has 0 unspecified atom stereocenters. The molecule has 5 heterocycles. The van der Waals surface area contributed by atoms with E-state index in [1.54, 1.807) is 30.7 Å². The smallest absolute Gasteiger partial charge is 0.272 e. The van der Waals surface area contributed by atoms with Crippen molar-refractivity contribution in [2.24, 2.45) is 5.92 Å². The van der Waals surface area contributed by atoms with Gasteiger partial charge in [-0.15, -0.1) is 0 Å². The first kappa shape index (κ1) is 17.4. The molecule has 2 atom stereocenters. The van der Waals surface area contributed by atoms with E-state index in [-0.39, 0.29) is 11.9 Å². The number of hydrogen-bond donors (Lipinski definition) is 0. The van der Waals surface area contributed by atoms with Crippen LogP contribution in [-0.4, -0.2) is 51.4 Å². The van der Waals surface area contributed by atoms with Crippen LogP contribution in [0.3, 0.4) is 0 Å². The molecule has 28 heavy (non-hydrogen) atoms. The number of hydrogen-bond acceptors (Lipinski definition) is 5. The molecule has 6 nitrogen and oxygen atoms in total. The molecule has 3 aromatic rings. The van der Waals surface area contributed by atoms with E-state index in [0.29, 0.717) is 22.2 Å². The van der Waals surface area contributed by atoms with Gasteiger partial charge in [-0.3, -0.25) is 9.78 Å². The highest BCUT2D eigenvalue weighted by Gasteiger charge is 2.38. The van der Waals surface area contributed by atoms with E-state index in [4.69, 9.17) is 11.6 Å². The van der Waals surface area contributed by atoms with E-state index >= 15 is 0 Å². The summed E-state index contributed by atoms with van der Waals surface area (Å²) in [5.41, 5.74) is 1.13. The lowest BCUT2D eigenvalue weighted by molar-refractivity contribution is 0.0586. The highest BCUT2D eigenvalue weighted by Crippen LogP contribution is 2.31. The van der Waals surface area contributed by atoms with E-state index < -0.39 is 0 Å². The summed E-state index contributed by atoms with van der Waals surface area (Å²) in [4.78, 5) is 30.8. The van der Waals surface area contributed by atoms with Crippen molar-refractivity contribution >= 4 is 34.2 Å². The number of carbonyl (C=O) groups excluding carboxylic acids is 1. The maximum absolute atomic E-state index is 13.3. The van der Waals surface area contributed by atoms with Crippen LogP contribution in [0.1, 0.15) is 23.3 Å². The van der Waals surface area contributed by atoms with Crippen LogP contribution in [0.4, 0.5) is 5.82 Å². The topological polar surface area (TPSA) is 62.2 Å². The Kier molecular flexibility index (Phi) is 4.36. The molecular formula is C21H20ClN5O. The number of benzene rings is 1. The number of halogens is 1. The van der Waals surface area contributed by atoms with Gasteiger partial charge in [0.1, 0.15) is 11.5 Å². The zero-order valence-electron chi connectivity index (χ0n) is 15.3. The number of para-hydroxylation sites is 1. The van der Waals surface area contributed by atoms with Gasteiger partial charge in [-0.2, -0.15) is 0 Å². The number of pyridine rings is 1. The molecule has 3 saturated heterocycles. The van der Waals surface area contributed by atoms with Crippen molar-refractivity contribution in [3.63, 3.8) is 0 Å². The zero-order chi connectivity index (χ0) is 19.1. The van der Waals surface area contributed by atoms with Crippen molar-refractivity contribution < 1.29 is 4.79 Å². The molecule has 0 radical (unpaired) electrons. The van der Waals surface area contributed by atoms with E-state index in [1.807, 2.05) is 23.1 Å². The van der Waals surface area contributed by atoms with Gasteiger partial charge in [0.15, 0.2) is 0 Å². The van der Waals surface area contributed by atoms with E-state index in [2.05, 4.69) is 19.9 Å². The molecule has 0 saturated carbocycles. The largest absolute Gasteiger partial charge is 0.353 e. The zero-order valence-corrected chi connectivity index (χ0v) is 16.1. The quantitative estimate of drug-likeness (QED) is 0.667. The predicted octanol–water partition coefficient (Wildman–Crippen LogP) is 3.42. The van der Waals surface area contributed by atoms with Crippen molar-refractivity contribution in [1.29, 1.82) is 0 Å². The Morgan fingerprint density at radius 3 is 2.86 bits per heavy atom. The lowest BCUT2D eigenvalue weighted by atomic mass is 9.94. The molecule has 1 amide bonds. The number of carbonyl (C=O) groups is 1. The third kappa shape index (κ3) is 3.07. The van der Waals surface area contributed by atoms with Gasteiger partial charge in [-0.1, -0.05) is 29.8 Å². The monoisotopic (exact) mass is 393 g/mol. The number of amides is 1. The minimum absolute atomic E-state index is 0.0162. The molecule has 0 spiro atoms. The summed E-state index contributed by atoms with van der Waals surface area (Å²) in [5.74, 6) is 1.29. The molecule has 3 aliphatic heterocycles. The van der Waals surface area contributed by atoms with Crippen molar-refractivity contribution in [3.05, 3.63) is 59.6 Å². The Hall–Kier alpha value is -2.73. The standard InChI is InChI=1S/C21H20ClN5O/c22-17-3-1-2-15-5-7-18(25-20(15)17)21(28)27-12-14-4-6-16(27)13-26(11-14)19-10-23-8-9-24-19/h1-3,5,7-10,14,16H,4,6,11-13H2/t14-,16+/m0/s1. The summed E-state index contributed by atoms with van der Waals surface area (Å²) in [6, 6.07) is 9.52. The minimum atomic E-state index is -0.0162. The Balaban J connectivity index is 1.44. The van der Waals surface area contributed by atoms with E-state index in [0.717, 1.165) is 43.7 Å². The van der Waals surface area contributed by atoms with Crippen LogP contribution in [-0.2, 0) is 0 Å². The third-order valence-corrected chi connectivity index (χ3v) is 6.04. The average Bonchev–Trinajstić information content (AvgIpc) is 3.06. The highest BCUT2D eigenvalue weighted by atomic mass is 35.5. The van der Waals surface area contributed by atoms with E-state index in [1.165, 1.54) is 0 Å². The molecule has 0 aliphatic carbocycles. The summed E-state index contributed by atoms with van der Waals surface area (Å²) in [6.45, 7) is 2.42. The molecule has 2 aromatic heterocycles. The third-order valence-electron chi connectivity index (χ3n) is 5.74. The minimum Gasteiger partial charge on any atom is -0.353 e. The van der Waals surface area contributed by atoms with Gasteiger partial charge in [0.2, 0.25) is 0 Å². The molecule has 142 valence electrons. The van der Waals surface area contributed by atoms with Crippen LogP contribution in [0, 0.1) is 5.92 Å². The summed E-state index contributed by atoms with van der Waals surface area (Å²) in [5, 5.41) is 1.51. The second kappa shape index (κ2) is 7.02. The van der Waals surface area contributed by atoms with E-state index in [9.17, 15) is 4.79 Å². The first-order valence-corrected chi connectivity index (χ1v) is 9.94. The van der Waals surface area contributed by atoms with Crippen LogP contribution >= 0.6 is 11.6 Å². The van der Waals surface area contributed by atoms with Crippen LogP contribution in [0.25, 0.3) is 10.9 Å².